The van der Waals surface area contributed by atoms with E-state index in [1.54, 1.807) is 0 Å². The summed E-state index contributed by atoms with van der Waals surface area (Å²) in [4.78, 5) is 0. The topological polar surface area (TPSA) is 21.3 Å². The van der Waals surface area contributed by atoms with Gasteiger partial charge in [-0.3, -0.25) is 0 Å². The van der Waals surface area contributed by atoms with Crippen LogP contribution in [0.15, 0.2) is 12.7 Å². The fourth-order valence-corrected chi connectivity index (χ4v) is 1.58. The second-order valence-electron chi connectivity index (χ2n) is 4.22. The van der Waals surface area contributed by atoms with Gasteiger partial charge in [-0.2, -0.15) is 0 Å². The highest BCUT2D eigenvalue weighted by molar-refractivity contribution is 4.77. The van der Waals surface area contributed by atoms with Crippen molar-refractivity contribution in [3.05, 3.63) is 12.7 Å². The Bertz CT molecular complexity index is 154. The second-order valence-corrected chi connectivity index (χ2v) is 4.22. The van der Waals surface area contributed by atoms with Gasteiger partial charge >= 0.3 is 0 Å². The van der Waals surface area contributed by atoms with Crippen molar-refractivity contribution in [3.8, 4) is 0 Å². The quantitative estimate of drug-likeness (QED) is 0.452. The molecule has 1 N–H and O–H groups in total. The summed E-state index contributed by atoms with van der Waals surface area (Å²) in [5.41, 5.74) is 0. The molecule has 1 saturated carbocycles. The summed E-state index contributed by atoms with van der Waals surface area (Å²) >= 11 is 0. The van der Waals surface area contributed by atoms with Crippen LogP contribution in [-0.4, -0.2) is 25.8 Å². The molecule has 1 fully saturated rings. The van der Waals surface area contributed by atoms with E-state index >= 15 is 0 Å². The van der Waals surface area contributed by atoms with Crippen LogP contribution in [0.25, 0.3) is 0 Å². The number of ether oxygens (including phenoxy) is 1. The Hall–Kier alpha value is -0.340. The molecular formula is C12H23NO. The molecule has 0 saturated heterocycles. The van der Waals surface area contributed by atoms with Crippen molar-refractivity contribution in [1.82, 2.24) is 5.32 Å². The maximum atomic E-state index is 5.41. The Balaban J connectivity index is 1.79. The molecule has 1 unspecified atom stereocenters. The van der Waals surface area contributed by atoms with Crippen LogP contribution in [0.3, 0.4) is 0 Å². The minimum atomic E-state index is 0.658. The monoisotopic (exact) mass is 197 g/mol. The Morgan fingerprint density at radius 3 is 2.93 bits per heavy atom. The third kappa shape index (κ3) is 6.17. The molecule has 0 radical (unpaired) electrons. The zero-order valence-electron chi connectivity index (χ0n) is 9.30. The van der Waals surface area contributed by atoms with E-state index in [2.05, 4.69) is 18.8 Å². The molecule has 14 heavy (non-hydrogen) atoms. The molecule has 0 spiro atoms. The maximum absolute atomic E-state index is 5.41. The molecule has 1 aliphatic rings. The first-order valence-electron chi connectivity index (χ1n) is 5.75. The Labute approximate surface area is 87.7 Å². The van der Waals surface area contributed by atoms with Crippen LogP contribution in [0.1, 0.15) is 32.6 Å². The lowest BCUT2D eigenvalue weighted by atomic mass is 10.2. The zero-order valence-corrected chi connectivity index (χ0v) is 9.30. The summed E-state index contributed by atoms with van der Waals surface area (Å²) in [5, 5.41) is 3.48. The van der Waals surface area contributed by atoms with E-state index in [1.165, 1.54) is 19.3 Å². The summed E-state index contributed by atoms with van der Waals surface area (Å²) in [6.45, 7) is 8.52. The van der Waals surface area contributed by atoms with Crippen LogP contribution in [0.5, 0.6) is 0 Å². The molecule has 0 aromatic heterocycles. The normalized spacial score (nSPS) is 18.1. The third-order valence-corrected chi connectivity index (χ3v) is 2.59. The molecule has 0 aromatic carbocycles. The van der Waals surface area contributed by atoms with Crippen LogP contribution >= 0.6 is 0 Å². The van der Waals surface area contributed by atoms with Gasteiger partial charge in [-0.1, -0.05) is 18.9 Å². The van der Waals surface area contributed by atoms with E-state index in [4.69, 9.17) is 4.74 Å². The molecule has 1 aliphatic carbocycles. The van der Waals surface area contributed by atoms with Gasteiger partial charge in [0.2, 0.25) is 0 Å². The third-order valence-electron chi connectivity index (χ3n) is 2.59. The fourth-order valence-electron chi connectivity index (χ4n) is 1.58. The molecule has 0 heterocycles. The molecule has 82 valence electrons. The molecule has 2 nitrogen and oxygen atoms in total. The lowest BCUT2D eigenvalue weighted by Crippen LogP contribution is -2.29. The van der Waals surface area contributed by atoms with Crippen LogP contribution in [-0.2, 0) is 4.74 Å². The second kappa shape index (κ2) is 7.02. The summed E-state index contributed by atoms with van der Waals surface area (Å²) in [6, 6.07) is 0.658. The maximum Gasteiger partial charge on any atom is 0.0591 e. The van der Waals surface area contributed by atoms with Crippen molar-refractivity contribution in [1.29, 1.82) is 0 Å². The van der Waals surface area contributed by atoms with E-state index in [-0.39, 0.29) is 0 Å². The predicted molar refractivity (Wildman–Crippen MR) is 60.4 cm³/mol. The van der Waals surface area contributed by atoms with Gasteiger partial charge in [0.25, 0.3) is 0 Å². The minimum absolute atomic E-state index is 0.658. The van der Waals surface area contributed by atoms with Gasteiger partial charge in [-0.05, 0) is 25.7 Å². The average Bonchev–Trinajstić information content (AvgIpc) is 2.95. The Morgan fingerprint density at radius 2 is 2.29 bits per heavy atom. The number of hydrogen-bond acceptors (Lipinski definition) is 2. The van der Waals surface area contributed by atoms with Crippen molar-refractivity contribution in [3.63, 3.8) is 0 Å². The van der Waals surface area contributed by atoms with Crippen molar-refractivity contribution in [2.75, 3.05) is 19.8 Å². The predicted octanol–water partition coefficient (Wildman–Crippen LogP) is 2.36. The fraction of sp³-hybridized carbons (Fsp3) is 0.833. The molecule has 0 amide bonds. The Morgan fingerprint density at radius 1 is 1.50 bits per heavy atom. The van der Waals surface area contributed by atoms with Gasteiger partial charge < -0.3 is 10.1 Å². The number of hydrogen-bond donors (Lipinski definition) is 1. The van der Waals surface area contributed by atoms with E-state index < -0.39 is 0 Å². The summed E-state index contributed by atoms with van der Waals surface area (Å²) < 4.78 is 5.41. The van der Waals surface area contributed by atoms with Crippen molar-refractivity contribution in [2.45, 2.75) is 38.6 Å². The Kier molecular flexibility index (Phi) is 5.88. The van der Waals surface area contributed by atoms with Gasteiger partial charge in [0.1, 0.15) is 0 Å². The van der Waals surface area contributed by atoms with Gasteiger partial charge in [-0.25, -0.2) is 0 Å². The first-order valence-corrected chi connectivity index (χ1v) is 5.75. The lowest BCUT2D eigenvalue weighted by molar-refractivity contribution is 0.138. The van der Waals surface area contributed by atoms with Crippen LogP contribution < -0.4 is 5.32 Å². The van der Waals surface area contributed by atoms with Crippen molar-refractivity contribution >= 4 is 0 Å². The van der Waals surface area contributed by atoms with Gasteiger partial charge in [-0.15, -0.1) is 6.58 Å². The van der Waals surface area contributed by atoms with Crippen LogP contribution in [0, 0.1) is 5.92 Å². The highest BCUT2D eigenvalue weighted by Gasteiger charge is 2.22. The number of rotatable bonds is 9. The summed E-state index contributed by atoms with van der Waals surface area (Å²) in [5.74, 6) is 1.01. The first kappa shape index (κ1) is 11.7. The molecule has 0 aliphatic heterocycles. The standard InChI is InChI=1S/C12H23NO/c1-3-4-8-14-9-7-13-11(2)10-12-5-6-12/h3,11-13H,1,4-10H2,2H3. The lowest BCUT2D eigenvalue weighted by Gasteiger charge is -2.12. The smallest absolute Gasteiger partial charge is 0.0591 e. The molecular weight excluding hydrogens is 174 g/mol. The molecule has 1 atom stereocenters. The first-order chi connectivity index (χ1) is 6.83. The minimum Gasteiger partial charge on any atom is -0.380 e. The molecule has 2 heteroatoms. The zero-order chi connectivity index (χ0) is 10.2. The number of nitrogens with one attached hydrogen (secondary N) is 1. The van der Waals surface area contributed by atoms with Gasteiger partial charge in [0.15, 0.2) is 0 Å². The highest BCUT2D eigenvalue weighted by Crippen LogP contribution is 2.33. The highest BCUT2D eigenvalue weighted by atomic mass is 16.5. The molecule has 1 rings (SSSR count). The molecule has 0 bridgehead atoms. The van der Waals surface area contributed by atoms with E-state index in [0.717, 1.165) is 32.1 Å². The summed E-state index contributed by atoms with van der Waals surface area (Å²) in [6.07, 6.45) is 7.08. The van der Waals surface area contributed by atoms with Crippen molar-refractivity contribution in [2.24, 2.45) is 5.92 Å². The van der Waals surface area contributed by atoms with Crippen LogP contribution in [0.4, 0.5) is 0 Å². The summed E-state index contributed by atoms with van der Waals surface area (Å²) in [7, 11) is 0. The van der Waals surface area contributed by atoms with Gasteiger partial charge in [0, 0.05) is 12.6 Å². The van der Waals surface area contributed by atoms with Gasteiger partial charge in [0.05, 0.1) is 13.2 Å². The largest absolute Gasteiger partial charge is 0.380 e. The van der Waals surface area contributed by atoms with Crippen molar-refractivity contribution < 1.29 is 4.74 Å². The van der Waals surface area contributed by atoms with E-state index in [1.807, 2.05) is 6.08 Å². The van der Waals surface area contributed by atoms with E-state index in [0.29, 0.717) is 6.04 Å². The average molecular weight is 197 g/mol. The van der Waals surface area contributed by atoms with E-state index in [9.17, 15) is 0 Å². The van der Waals surface area contributed by atoms with Crippen LogP contribution in [0.2, 0.25) is 0 Å². The SMILES string of the molecule is C=CCCOCCNC(C)CC1CC1. The molecule has 0 aromatic rings.